The quantitative estimate of drug-likeness (QED) is 0.924. The fraction of sp³-hybridized carbons (Fsp3) is 0.250. The van der Waals surface area contributed by atoms with Crippen LogP contribution >= 0.6 is 23.2 Å². The summed E-state index contributed by atoms with van der Waals surface area (Å²) in [6.07, 6.45) is -0.0159. The minimum atomic E-state index is -0.0159. The second-order valence-corrected chi connectivity index (χ2v) is 5.63. The summed E-state index contributed by atoms with van der Waals surface area (Å²) >= 11 is 12.1. The molecule has 0 saturated carbocycles. The molecule has 5 heteroatoms. The summed E-state index contributed by atoms with van der Waals surface area (Å²) in [6, 6.07) is 13.3. The molecule has 1 aliphatic heterocycles. The number of rotatable bonds is 4. The Morgan fingerprint density at radius 1 is 1.05 bits per heavy atom. The molecule has 0 saturated heterocycles. The molecule has 0 fully saturated rings. The van der Waals surface area contributed by atoms with Crippen LogP contribution in [0, 0.1) is 0 Å². The number of para-hydroxylation sites is 2. The van der Waals surface area contributed by atoms with E-state index in [9.17, 15) is 0 Å². The molecule has 110 valence electrons. The Hall–Kier alpha value is -1.42. The smallest absolute Gasteiger partial charge is 0.161 e. The van der Waals surface area contributed by atoms with Crippen LogP contribution < -0.4 is 14.8 Å². The zero-order valence-electron chi connectivity index (χ0n) is 11.3. The van der Waals surface area contributed by atoms with Crippen molar-refractivity contribution in [1.29, 1.82) is 0 Å². The van der Waals surface area contributed by atoms with Gasteiger partial charge in [-0.15, -0.1) is 0 Å². The predicted molar refractivity (Wildman–Crippen MR) is 84.5 cm³/mol. The Morgan fingerprint density at radius 2 is 1.86 bits per heavy atom. The Bertz CT molecular complexity index is 633. The van der Waals surface area contributed by atoms with Crippen LogP contribution in [0.15, 0.2) is 42.5 Å². The van der Waals surface area contributed by atoms with Gasteiger partial charge in [-0.1, -0.05) is 47.5 Å². The van der Waals surface area contributed by atoms with E-state index in [0.29, 0.717) is 29.7 Å². The van der Waals surface area contributed by atoms with Gasteiger partial charge in [0.05, 0.1) is 10.0 Å². The topological polar surface area (TPSA) is 30.5 Å². The standard InChI is InChI=1S/C16H15Cl2NO2/c17-13-5-3-4-11(16(13)18)8-19-9-12-10-20-14-6-1-2-7-15(14)21-12/h1-7,12,19H,8-10H2/t12-/m1/s1. The highest BCUT2D eigenvalue weighted by molar-refractivity contribution is 6.42. The summed E-state index contributed by atoms with van der Waals surface area (Å²) in [6.45, 7) is 1.85. The number of ether oxygens (including phenoxy) is 2. The monoisotopic (exact) mass is 323 g/mol. The van der Waals surface area contributed by atoms with E-state index in [4.69, 9.17) is 32.7 Å². The summed E-state index contributed by atoms with van der Waals surface area (Å²) < 4.78 is 11.5. The molecule has 0 amide bonds. The van der Waals surface area contributed by atoms with Gasteiger partial charge in [0.2, 0.25) is 0 Å². The highest BCUT2D eigenvalue weighted by Gasteiger charge is 2.20. The van der Waals surface area contributed by atoms with Gasteiger partial charge in [-0.2, -0.15) is 0 Å². The van der Waals surface area contributed by atoms with Crippen molar-refractivity contribution in [2.45, 2.75) is 12.6 Å². The number of halogens is 2. The molecule has 0 aliphatic carbocycles. The molecule has 2 aromatic rings. The van der Waals surface area contributed by atoms with E-state index in [1.54, 1.807) is 6.07 Å². The van der Waals surface area contributed by atoms with E-state index in [1.807, 2.05) is 36.4 Å². The molecular weight excluding hydrogens is 309 g/mol. The van der Waals surface area contributed by atoms with Crippen LogP contribution in [-0.4, -0.2) is 19.3 Å². The van der Waals surface area contributed by atoms with Crippen LogP contribution in [0.1, 0.15) is 5.56 Å². The van der Waals surface area contributed by atoms with Gasteiger partial charge in [-0.05, 0) is 23.8 Å². The minimum Gasteiger partial charge on any atom is -0.486 e. The average molecular weight is 324 g/mol. The molecule has 3 nitrogen and oxygen atoms in total. The highest BCUT2D eigenvalue weighted by atomic mass is 35.5. The number of benzene rings is 2. The van der Waals surface area contributed by atoms with Crippen molar-refractivity contribution in [3.8, 4) is 11.5 Å². The zero-order valence-corrected chi connectivity index (χ0v) is 12.8. The van der Waals surface area contributed by atoms with Crippen molar-refractivity contribution in [1.82, 2.24) is 5.32 Å². The largest absolute Gasteiger partial charge is 0.486 e. The van der Waals surface area contributed by atoms with Gasteiger partial charge in [-0.25, -0.2) is 0 Å². The molecule has 21 heavy (non-hydrogen) atoms. The first-order valence-corrected chi connectivity index (χ1v) is 7.52. The normalized spacial score (nSPS) is 16.8. The molecule has 0 unspecified atom stereocenters. The molecule has 2 aromatic carbocycles. The average Bonchev–Trinajstić information content (AvgIpc) is 2.51. The molecule has 0 radical (unpaired) electrons. The van der Waals surface area contributed by atoms with Crippen LogP contribution in [0.5, 0.6) is 11.5 Å². The number of hydrogen-bond acceptors (Lipinski definition) is 3. The Morgan fingerprint density at radius 3 is 2.71 bits per heavy atom. The van der Waals surface area contributed by atoms with Gasteiger partial charge in [0, 0.05) is 13.1 Å². The van der Waals surface area contributed by atoms with E-state index in [-0.39, 0.29) is 6.10 Å². The number of fused-ring (bicyclic) bond motifs is 1. The first kappa shape index (κ1) is 14.5. The van der Waals surface area contributed by atoms with Gasteiger partial charge in [0.15, 0.2) is 11.5 Å². The van der Waals surface area contributed by atoms with Crippen LogP contribution in [0.2, 0.25) is 10.0 Å². The second-order valence-electron chi connectivity index (χ2n) is 4.84. The zero-order chi connectivity index (χ0) is 14.7. The lowest BCUT2D eigenvalue weighted by molar-refractivity contribution is 0.0902. The summed E-state index contributed by atoms with van der Waals surface area (Å²) in [7, 11) is 0. The summed E-state index contributed by atoms with van der Waals surface area (Å²) in [4.78, 5) is 0. The Balaban J connectivity index is 1.54. The number of nitrogens with one attached hydrogen (secondary N) is 1. The van der Waals surface area contributed by atoms with E-state index < -0.39 is 0 Å². The van der Waals surface area contributed by atoms with Crippen molar-refractivity contribution in [3.63, 3.8) is 0 Å². The third kappa shape index (κ3) is 3.43. The van der Waals surface area contributed by atoms with Gasteiger partial charge in [0.1, 0.15) is 12.7 Å². The summed E-state index contributed by atoms with van der Waals surface area (Å²) in [5.41, 5.74) is 0.973. The van der Waals surface area contributed by atoms with E-state index in [1.165, 1.54) is 0 Å². The van der Waals surface area contributed by atoms with E-state index >= 15 is 0 Å². The maximum Gasteiger partial charge on any atom is 0.161 e. The molecule has 0 bridgehead atoms. The van der Waals surface area contributed by atoms with E-state index in [0.717, 1.165) is 17.1 Å². The van der Waals surface area contributed by atoms with Gasteiger partial charge >= 0.3 is 0 Å². The van der Waals surface area contributed by atoms with Crippen LogP contribution in [0.4, 0.5) is 0 Å². The first-order valence-electron chi connectivity index (χ1n) is 6.76. The van der Waals surface area contributed by atoms with Crippen molar-refractivity contribution in [2.24, 2.45) is 0 Å². The van der Waals surface area contributed by atoms with Crippen molar-refractivity contribution < 1.29 is 9.47 Å². The first-order chi connectivity index (χ1) is 10.2. The second kappa shape index (κ2) is 6.56. The lowest BCUT2D eigenvalue weighted by atomic mass is 10.2. The molecule has 0 aromatic heterocycles. The highest BCUT2D eigenvalue weighted by Crippen LogP contribution is 2.30. The fourth-order valence-corrected chi connectivity index (χ4v) is 2.60. The molecule has 1 N–H and O–H groups in total. The van der Waals surface area contributed by atoms with Crippen LogP contribution in [-0.2, 0) is 6.54 Å². The van der Waals surface area contributed by atoms with Crippen molar-refractivity contribution >= 4 is 23.2 Å². The molecule has 1 heterocycles. The minimum absolute atomic E-state index is 0.0159. The van der Waals surface area contributed by atoms with Crippen molar-refractivity contribution in [2.75, 3.05) is 13.2 Å². The maximum absolute atomic E-state index is 6.15. The van der Waals surface area contributed by atoms with Gasteiger partial charge < -0.3 is 14.8 Å². The third-order valence-corrected chi connectivity index (χ3v) is 4.14. The predicted octanol–water partition coefficient (Wildman–Crippen LogP) is 3.92. The van der Waals surface area contributed by atoms with Crippen LogP contribution in [0.3, 0.4) is 0 Å². The van der Waals surface area contributed by atoms with Crippen molar-refractivity contribution in [3.05, 3.63) is 58.1 Å². The summed E-state index contributed by atoms with van der Waals surface area (Å²) in [5.74, 6) is 1.59. The maximum atomic E-state index is 6.15. The third-order valence-electron chi connectivity index (χ3n) is 3.29. The van der Waals surface area contributed by atoms with Gasteiger partial charge in [-0.3, -0.25) is 0 Å². The lowest BCUT2D eigenvalue weighted by Gasteiger charge is -2.26. The van der Waals surface area contributed by atoms with E-state index in [2.05, 4.69) is 5.32 Å². The Kier molecular flexibility index (Phi) is 4.54. The summed E-state index contributed by atoms with van der Waals surface area (Å²) in [5, 5.41) is 4.49. The van der Waals surface area contributed by atoms with Crippen LogP contribution in [0.25, 0.3) is 0 Å². The van der Waals surface area contributed by atoms with Gasteiger partial charge in [0.25, 0.3) is 0 Å². The molecule has 0 spiro atoms. The molecule has 3 rings (SSSR count). The molecule has 1 aliphatic rings. The fourth-order valence-electron chi connectivity index (χ4n) is 2.22. The molecule has 1 atom stereocenters. The SMILES string of the molecule is Clc1cccc(CNC[C@@H]2COc3ccccc3O2)c1Cl. The lowest BCUT2D eigenvalue weighted by Crippen LogP contribution is -2.38. The number of hydrogen-bond donors (Lipinski definition) is 1. The Labute approximate surface area is 133 Å². The molecular formula is C16H15Cl2NO2.